The van der Waals surface area contributed by atoms with Crippen molar-refractivity contribution in [1.29, 1.82) is 0 Å². The molecule has 0 amide bonds. The average Bonchev–Trinajstić information content (AvgIpc) is 1.86. The van der Waals surface area contributed by atoms with Crippen molar-refractivity contribution in [3.8, 4) is 0 Å². The quantitative estimate of drug-likeness (QED) is 0.601. The molecule has 0 fully saturated rings. The standard InChI is InChI=1S/C6H16N.C5H13N/c1-6(2)7(3,4)5;1-5(2)6(3)4/h6H,1-5H3;5H,1-4H3/q+1;. The molecule has 0 bridgehead atoms. The molecule has 0 aliphatic heterocycles. The second-order valence-corrected chi connectivity index (χ2v) is 5.27. The predicted molar refractivity (Wildman–Crippen MR) is 62.0 cm³/mol. The van der Waals surface area contributed by atoms with Crippen molar-refractivity contribution in [2.75, 3.05) is 35.2 Å². The minimum atomic E-state index is 0.685. The van der Waals surface area contributed by atoms with Gasteiger partial charge in [-0.05, 0) is 41.8 Å². The molecule has 0 spiro atoms. The molecule has 0 radical (unpaired) electrons. The van der Waals surface area contributed by atoms with Gasteiger partial charge in [-0.1, -0.05) is 0 Å². The van der Waals surface area contributed by atoms with Gasteiger partial charge in [0.1, 0.15) is 0 Å². The Balaban J connectivity index is 0. The van der Waals surface area contributed by atoms with Crippen LogP contribution in [0.2, 0.25) is 0 Å². The van der Waals surface area contributed by atoms with Crippen molar-refractivity contribution in [2.45, 2.75) is 39.8 Å². The summed E-state index contributed by atoms with van der Waals surface area (Å²) in [6.07, 6.45) is 0. The Kier molecular flexibility index (Phi) is 7.56. The van der Waals surface area contributed by atoms with Gasteiger partial charge in [0.25, 0.3) is 0 Å². The summed E-state index contributed by atoms with van der Waals surface area (Å²) in [5.41, 5.74) is 0. The number of rotatable bonds is 2. The van der Waals surface area contributed by atoms with Crippen molar-refractivity contribution in [3.63, 3.8) is 0 Å². The van der Waals surface area contributed by atoms with Gasteiger partial charge >= 0.3 is 0 Å². The maximum Gasteiger partial charge on any atom is 0.0827 e. The lowest BCUT2D eigenvalue weighted by Crippen LogP contribution is -2.41. The molecule has 0 aromatic heterocycles. The lowest BCUT2D eigenvalue weighted by Gasteiger charge is -2.28. The molecule has 0 unspecified atom stereocenters. The summed E-state index contributed by atoms with van der Waals surface area (Å²) in [4.78, 5) is 2.17. The smallest absolute Gasteiger partial charge is 0.0827 e. The first-order chi connectivity index (χ1) is 5.59. The van der Waals surface area contributed by atoms with Crippen LogP contribution in [0.5, 0.6) is 0 Å². The van der Waals surface area contributed by atoms with E-state index in [-0.39, 0.29) is 0 Å². The first-order valence-electron chi connectivity index (χ1n) is 5.06. The Bertz CT molecular complexity index is 104. The second kappa shape index (κ2) is 6.39. The van der Waals surface area contributed by atoms with Gasteiger partial charge in [-0.3, -0.25) is 0 Å². The van der Waals surface area contributed by atoms with E-state index < -0.39 is 0 Å². The Morgan fingerprint density at radius 1 is 0.846 bits per heavy atom. The minimum absolute atomic E-state index is 0.685. The van der Waals surface area contributed by atoms with Crippen LogP contribution in [0.15, 0.2) is 0 Å². The van der Waals surface area contributed by atoms with Gasteiger partial charge in [0.15, 0.2) is 0 Å². The first kappa shape index (κ1) is 15.4. The first-order valence-corrected chi connectivity index (χ1v) is 5.06. The van der Waals surface area contributed by atoms with Crippen molar-refractivity contribution in [3.05, 3.63) is 0 Å². The Hall–Kier alpha value is -0.0800. The van der Waals surface area contributed by atoms with E-state index >= 15 is 0 Å². The normalized spacial score (nSPS) is 12.0. The molecule has 2 nitrogen and oxygen atoms in total. The summed E-state index contributed by atoms with van der Waals surface area (Å²) >= 11 is 0. The van der Waals surface area contributed by atoms with Crippen molar-refractivity contribution in [1.82, 2.24) is 4.90 Å². The lowest BCUT2D eigenvalue weighted by molar-refractivity contribution is -0.891. The highest BCUT2D eigenvalue weighted by Gasteiger charge is 2.10. The molecule has 0 rings (SSSR count). The molecule has 0 aromatic rings. The van der Waals surface area contributed by atoms with Gasteiger partial charge in [0, 0.05) is 6.04 Å². The van der Waals surface area contributed by atoms with E-state index in [2.05, 4.69) is 67.8 Å². The molecule has 0 aliphatic rings. The van der Waals surface area contributed by atoms with Crippen LogP contribution in [0.1, 0.15) is 27.7 Å². The Labute approximate surface area is 85.1 Å². The van der Waals surface area contributed by atoms with E-state index in [1.54, 1.807) is 0 Å². The molecular formula is C11H29N2+. The summed E-state index contributed by atoms with van der Waals surface area (Å²) < 4.78 is 1.06. The molecule has 0 atom stereocenters. The van der Waals surface area contributed by atoms with Crippen LogP contribution < -0.4 is 0 Å². The molecule has 0 saturated heterocycles. The highest BCUT2D eigenvalue weighted by molar-refractivity contribution is 4.46. The fourth-order valence-corrected chi connectivity index (χ4v) is 0. The summed E-state index contributed by atoms with van der Waals surface area (Å²) in [6.45, 7) is 8.78. The minimum Gasteiger partial charge on any atom is -0.329 e. The van der Waals surface area contributed by atoms with Crippen LogP contribution in [0.25, 0.3) is 0 Å². The Morgan fingerprint density at radius 3 is 1.00 bits per heavy atom. The molecule has 0 aliphatic carbocycles. The zero-order chi connectivity index (χ0) is 11.2. The van der Waals surface area contributed by atoms with Crippen LogP contribution in [-0.4, -0.2) is 56.7 Å². The zero-order valence-corrected chi connectivity index (χ0v) is 11.0. The van der Waals surface area contributed by atoms with E-state index in [0.29, 0.717) is 6.04 Å². The number of hydrogen-bond acceptors (Lipinski definition) is 1. The lowest BCUT2D eigenvalue weighted by atomic mass is 10.3. The fraction of sp³-hybridized carbons (Fsp3) is 1.00. The van der Waals surface area contributed by atoms with Gasteiger partial charge in [-0.15, -0.1) is 0 Å². The molecule has 82 valence electrons. The summed E-state index contributed by atoms with van der Waals surface area (Å²) in [7, 11) is 10.7. The maximum atomic E-state index is 2.22. The fourth-order valence-electron chi connectivity index (χ4n) is 0. The van der Waals surface area contributed by atoms with Crippen LogP contribution in [0.4, 0.5) is 0 Å². The zero-order valence-electron chi connectivity index (χ0n) is 11.0. The van der Waals surface area contributed by atoms with Crippen LogP contribution in [0.3, 0.4) is 0 Å². The van der Waals surface area contributed by atoms with Gasteiger partial charge in [-0.25, -0.2) is 0 Å². The highest BCUT2D eigenvalue weighted by atomic mass is 15.3. The van der Waals surface area contributed by atoms with Gasteiger partial charge in [0.05, 0.1) is 27.2 Å². The maximum absolute atomic E-state index is 2.22. The largest absolute Gasteiger partial charge is 0.329 e. The van der Waals surface area contributed by atoms with E-state index in [0.717, 1.165) is 10.5 Å². The van der Waals surface area contributed by atoms with Crippen LogP contribution in [-0.2, 0) is 0 Å². The molecule has 0 saturated carbocycles. The highest BCUT2D eigenvalue weighted by Crippen LogP contribution is 1.97. The van der Waals surface area contributed by atoms with Gasteiger partial charge in [0.2, 0.25) is 0 Å². The van der Waals surface area contributed by atoms with Crippen LogP contribution in [0, 0.1) is 0 Å². The van der Waals surface area contributed by atoms with Gasteiger partial charge < -0.3 is 9.38 Å². The monoisotopic (exact) mass is 189 g/mol. The Morgan fingerprint density at radius 2 is 1.00 bits per heavy atom. The average molecular weight is 189 g/mol. The number of hydrogen-bond donors (Lipinski definition) is 0. The molecule has 13 heavy (non-hydrogen) atoms. The van der Waals surface area contributed by atoms with Crippen molar-refractivity contribution in [2.24, 2.45) is 0 Å². The predicted octanol–water partition coefficient (Wildman–Crippen LogP) is 2.06. The third kappa shape index (κ3) is 11.9. The summed E-state index contributed by atoms with van der Waals surface area (Å²) in [5, 5.41) is 0. The van der Waals surface area contributed by atoms with Crippen molar-refractivity contribution >= 4 is 0 Å². The SMILES string of the molecule is CC(C)N(C)C.CC(C)[N+](C)(C)C. The van der Waals surface area contributed by atoms with Crippen molar-refractivity contribution < 1.29 is 4.48 Å². The molecule has 0 aromatic carbocycles. The van der Waals surface area contributed by atoms with E-state index in [1.165, 1.54) is 0 Å². The number of quaternary nitrogens is 1. The summed E-state index contributed by atoms with van der Waals surface area (Å²) in [6, 6.07) is 1.42. The van der Waals surface area contributed by atoms with Gasteiger partial charge in [-0.2, -0.15) is 0 Å². The van der Waals surface area contributed by atoms with E-state index in [1.807, 2.05) is 0 Å². The molecule has 2 heteroatoms. The molecule has 0 N–H and O–H groups in total. The second-order valence-electron chi connectivity index (χ2n) is 5.27. The molecule has 0 heterocycles. The summed E-state index contributed by atoms with van der Waals surface area (Å²) in [5.74, 6) is 0. The third-order valence-corrected chi connectivity index (χ3v) is 2.58. The van der Waals surface area contributed by atoms with E-state index in [9.17, 15) is 0 Å². The third-order valence-electron chi connectivity index (χ3n) is 2.58. The number of nitrogens with zero attached hydrogens (tertiary/aromatic N) is 2. The topological polar surface area (TPSA) is 3.24 Å². The van der Waals surface area contributed by atoms with Crippen LogP contribution >= 0.6 is 0 Å². The van der Waals surface area contributed by atoms with E-state index in [4.69, 9.17) is 0 Å². The molecular weight excluding hydrogens is 160 g/mol.